The number of amides is 1. The Balaban J connectivity index is 1.30. The summed E-state index contributed by atoms with van der Waals surface area (Å²) in [5.41, 5.74) is 1.01. The number of carbonyl (C=O) groups is 1. The molecule has 2 aromatic carbocycles. The van der Waals surface area contributed by atoms with Crippen molar-refractivity contribution in [3.8, 4) is 23.0 Å². The van der Waals surface area contributed by atoms with Gasteiger partial charge in [-0.2, -0.15) is 4.52 Å². The molecule has 31 heavy (non-hydrogen) atoms. The molecule has 0 saturated carbocycles. The first-order valence-corrected chi connectivity index (χ1v) is 9.35. The molecule has 0 fully saturated rings. The molecular weight excluding hydrogens is 408 g/mol. The van der Waals surface area contributed by atoms with E-state index in [9.17, 15) is 13.6 Å². The predicted molar refractivity (Wildman–Crippen MR) is 107 cm³/mol. The zero-order chi connectivity index (χ0) is 21.6. The Labute approximate surface area is 175 Å². The number of nitrogens with one attached hydrogen (secondary N) is 1. The largest absolute Gasteiger partial charge is 0.484 e. The summed E-state index contributed by atoms with van der Waals surface area (Å²) < 4.78 is 38.8. The van der Waals surface area contributed by atoms with Crippen molar-refractivity contribution in [1.82, 2.24) is 25.1 Å². The lowest BCUT2D eigenvalue weighted by molar-refractivity contribution is -0.123. The van der Waals surface area contributed by atoms with Crippen molar-refractivity contribution in [1.29, 1.82) is 0 Å². The van der Waals surface area contributed by atoms with E-state index in [0.29, 0.717) is 17.0 Å². The van der Waals surface area contributed by atoms with Crippen LogP contribution in [0.3, 0.4) is 0 Å². The quantitative estimate of drug-likeness (QED) is 0.437. The maximum Gasteiger partial charge on any atom is 0.258 e. The van der Waals surface area contributed by atoms with Crippen molar-refractivity contribution in [3.63, 3.8) is 0 Å². The molecule has 1 N–H and O–H groups in total. The average Bonchev–Trinajstić information content (AvgIpc) is 3.19. The van der Waals surface area contributed by atoms with E-state index >= 15 is 0 Å². The number of ether oxygens (including phenoxy) is 2. The predicted octanol–water partition coefficient (Wildman–Crippen LogP) is 2.64. The molecule has 1 amide bonds. The van der Waals surface area contributed by atoms with Crippen LogP contribution in [0.2, 0.25) is 0 Å². The number of hydrogen-bond donors (Lipinski definition) is 1. The topological polar surface area (TPSA) is 90.6 Å². The molecule has 8 nitrogen and oxygen atoms in total. The number of aromatic nitrogens is 4. The Morgan fingerprint density at radius 3 is 2.58 bits per heavy atom. The van der Waals surface area contributed by atoms with Crippen molar-refractivity contribution >= 4 is 11.6 Å². The number of hydrogen-bond acceptors (Lipinski definition) is 6. The Kier molecular flexibility index (Phi) is 5.97. The third kappa shape index (κ3) is 5.10. The molecule has 4 aromatic rings. The Morgan fingerprint density at radius 1 is 0.968 bits per heavy atom. The second-order valence-electron chi connectivity index (χ2n) is 6.42. The molecule has 0 unspecified atom stereocenters. The van der Waals surface area contributed by atoms with Crippen LogP contribution < -0.4 is 14.8 Å². The number of fused-ring (bicyclic) bond motifs is 1. The van der Waals surface area contributed by atoms with Crippen LogP contribution in [0.5, 0.6) is 11.6 Å². The molecule has 10 heteroatoms. The summed E-state index contributed by atoms with van der Waals surface area (Å²) in [5.74, 6) is -0.267. The van der Waals surface area contributed by atoms with Gasteiger partial charge in [-0.05, 0) is 30.3 Å². The fourth-order valence-corrected chi connectivity index (χ4v) is 2.76. The number of halogens is 2. The molecule has 0 spiro atoms. The minimum absolute atomic E-state index is 0.154. The molecule has 0 aliphatic rings. The normalized spacial score (nSPS) is 10.8. The standard InChI is InChI=1S/C21H17F2N5O3/c22-15-4-1-3-14(11-15)21-26-25-18-7-8-20(27-28(18)21)30-10-9-24-19(29)13-31-17-6-2-5-16(23)12-17/h1-8,11-12H,9-10,13H2,(H,24,29). The van der Waals surface area contributed by atoms with Gasteiger partial charge in [0.15, 0.2) is 18.1 Å². The minimum atomic E-state index is -0.440. The van der Waals surface area contributed by atoms with Crippen LogP contribution in [0.15, 0.2) is 60.7 Å². The maximum atomic E-state index is 13.5. The van der Waals surface area contributed by atoms with Crippen LogP contribution in [0.25, 0.3) is 17.0 Å². The fraction of sp³-hybridized carbons (Fsp3) is 0.143. The first-order valence-electron chi connectivity index (χ1n) is 9.35. The van der Waals surface area contributed by atoms with Gasteiger partial charge in [-0.1, -0.05) is 18.2 Å². The number of rotatable bonds is 8. The van der Waals surface area contributed by atoms with Gasteiger partial charge in [0, 0.05) is 17.7 Å². The van der Waals surface area contributed by atoms with Crippen LogP contribution in [-0.4, -0.2) is 45.5 Å². The Bertz CT molecular complexity index is 1210. The monoisotopic (exact) mass is 425 g/mol. The van der Waals surface area contributed by atoms with Crippen LogP contribution in [0, 0.1) is 11.6 Å². The second-order valence-corrected chi connectivity index (χ2v) is 6.42. The van der Waals surface area contributed by atoms with Crippen LogP contribution in [0.4, 0.5) is 8.78 Å². The highest BCUT2D eigenvalue weighted by atomic mass is 19.1. The van der Waals surface area contributed by atoms with Gasteiger partial charge in [-0.25, -0.2) is 8.78 Å². The number of carbonyl (C=O) groups excluding carboxylic acids is 1. The summed E-state index contributed by atoms with van der Waals surface area (Å²) in [4.78, 5) is 11.8. The molecule has 0 atom stereocenters. The van der Waals surface area contributed by atoms with Gasteiger partial charge in [0.25, 0.3) is 5.91 Å². The molecule has 158 valence electrons. The van der Waals surface area contributed by atoms with Crippen molar-refractivity contribution < 1.29 is 23.0 Å². The molecular formula is C21H17F2N5O3. The van der Waals surface area contributed by atoms with E-state index < -0.39 is 11.6 Å². The SMILES string of the molecule is O=C(COc1cccc(F)c1)NCCOc1ccc2nnc(-c3cccc(F)c3)n2n1. The third-order valence-corrected chi connectivity index (χ3v) is 4.16. The highest BCUT2D eigenvalue weighted by molar-refractivity contribution is 5.77. The molecule has 2 aromatic heterocycles. The number of benzene rings is 2. The van der Waals surface area contributed by atoms with E-state index in [-0.39, 0.29) is 37.3 Å². The molecule has 0 saturated heterocycles. The molecule has 0 bridgehead atoms. The van der Waals surface area contributed by atoms with E-state index in [4.69, 9.17) is 9.47 Å². The molecule has 4 rings (SSSR count). The van der Waals surface area contributed by atoms with E-state index in [1.165, 1.54) is 34.8 Å². The van der Waals surface area contributed by atoms with Crippen LogP contribution in [-0.2, 0) is 4.79 Å². The van der Waals surface area contributed by atoms with Crippen molar-refractivity contribution in [3.05, 3.63) is 72.3 Å². The van der Waals surface area contributed by atoms with E-state index in [1.54, 1.807) is 30.3 Å². The fourth-order valence-electron chi connectivity index (χ4n) is 2.76. The second kappa shape index (κ2) is 9.16. The smallest absolute Gasteiger partial charge is 0.258 e. The summed E-state index contributed by atoms with van der Waals surface area (Å²) in [7, 11) is 0. The van der Waals surface area contributed by atoms with Gasteiger partial charge in [-0.3, -0.25) is 4.79 Å². The zero-order valence-corrected chi connectivity index (χ0v) is 16.2. The lowest BCUT2D eigenvalue weighted by atomic mass is 10.2. The Morgan fingerprint density at radius 2 is 1.77 bits per heavy atom. The van der Waals surface area contributed by atoms with Gasteiger partial charge < -0.3 is 14.8 Å². The lowest BCUT2D eigenvalue weighted by Gasteiger charge is -2.09. The first-order chi connectivity index (χ1) is 15.1. The van der Waals surface area contributed by atoms with Gasteiger partial charge >= 0.3 is 0 Å². The van der Waals surface area contributed by atoms with Crippen molar-refractivity contribution in [2.75, 3.05) is 19.8 Å². The minimum Gasteiger partial charge on any atom is -0.484 e. The summed E-state index contributed by atoms with van der Waals surface area (Å²) in [6.07, 6.45) is 0. The van der Waals surface area contributed by atoms with Gasteiger partial charge in [-0.15, -0.1) is 15.3 Å². The summed E-state index contributed by atoms with van der Waals surface area (Å²) >= 11 is 0. The summed E-state index contributed by atoms with van der Waals surface area (Å²) in [5, 5.41) is 15.0. The molecule has 0 aliphatic carbocycles. The summed E-state index contributed by atoms with van der Waals surface area (Å²) in [6.45, 7) is 0.122. The van der Waals surface area contributed by atoms with Gasteiger partial charge in [0.2, 0.25) is 5.88 Å². The highest BCUT2D eigenvalue weighted by Gasteiger charge is 2.11. The highest BCUT2D eigenvalue weighted by Crippen LogP contribution is 2.19. The van der Waals surface area contributed by atoms with E-state index in [0.717, 1.165) is 0 Å². The summed E-state index contributed by atoms with van der Waals surface area (Å²) in [6, 6.07) is 14.8. The molecule has 0 aliphatic heterocycles. The average molecular weight is 425 g/mol. The van der Waals surface area contributed by atoms with Crippen molar-refractivity contribution in [2.45, 2.75) is 0 Å². The zero-order valence-electron chi connectivity index (χ0n) is 16.2. The van der Waals surface area contributed by atoms with Gasteiger partial charge in [0.05, 0.1) is 6.54 Å². The molecule has 2 heterocycles. The van der Waals surface area contributed by atoms with Gasteiger partial charge in [0.1, 0.15) is 24.0 Å². The van der Waals surface area contributed by atoms with Crippen LogP contribution in [0.1, 0.15) is 0 Å². The third-order valence-electron chi connectivity index (χ3n) is 4.16. The van der Waals surface area contributed by atoms with E-state index in [2.05, 4.69) is 20.6 Å². The first kappa shape index (κ1) is 20.2. The van der Waals surface area contributed by atoms with E-state index in [1.807, 2.05) is 0 Å². The molecule has 0 radical (unpaired) electrons. The van der Waals surface area contributed by atoms with Crippen LogP contribution >= 0.6 is 0 Å². The maximum absolute atomic E-state index is 13.5. The Hall–Kier alpha value is -4.08. The number of nitrogens with zero attached hydrogens (tertiary/aromatic N) is 4. The lowest BCUT2D eigenvalue weighted by Crippen LogP contribution is -2.32. The van der Waals surface area contributed by atoms with Crippen molar-refractivity contribution in [2.24, 2.45) is 0 Å².